The summed E-state index contributed by atoms with van der Waals surface area (Å²) < 4.78 is 27.4. The van der Waals surface area contributed by atoms with Gasteiger partial charge in [-0.05, 0) is 54.4 Å². The van der Waals surface area contributed by atoms with Crippen molar-refractivity contribution < 1.29 is 28.5 Å². The molecule has 0 amide bonds. The summed E-state index contributed by atoms with van der Waals surface area (Å²) in [5.74, 6) is 2.19. The van der Waals surface area contributed by atoms with E-state index in [1.165, 1.54) is 7.11 Å². The van der Waals surface area contributed by atoms with Crippen LogP contribution in [0.5, 0.6) is 23.0 Å². The van der Waals surface area contributed by atoms with E-state index in [-0.39, 0.29) is 0 Å². The Morgan fingerprint density at radius 3 is 1.71 bits per heavy atom. The van der Waals surface area contributed by atoms with E-state index >= 15 is 0 Å². The van der Waals surface area contributed by atoms with Crippen LogP contribution in [0.15, 0.2) is 60.7 Å². The third kappa shape index (κ3) is 5.48. The van der Waals surface area contributed by atoms with Gasteiger partial charge >= 0.3 is 5.97 Å². The van der Waals surface area contributed by atoms with E-state index < -0.39 is 5.97 Å². The molecule has 0 aromatic heterocycles. The highest BCUT2D eigenvalue weighted by atomic mass is 16.5. The van der Waals surface area contributed by atoms with Crippen molar-refractivity contribution in [2.75, 3.05) is 21.3 Å². The number of carbonyl (C=O) groups is 1. The van der Waals surface area contributed by atoms with Gasteiger partial charge in [0.25, 0.3) is 0 Å². The van der Waals surface area contributed by atoms with Gasteiger partial charge < -0.3 is 23.7 Å². The smallest absolute Gasteiger partial charge is 0.338 e. The number of rotatable bonds is 9. The lowest BCUT2D eigenvalue weighted by molar-refractivity contribution is 0.0599. The largest absolute Gasteiger partial charge is 0.497 e. The molecule has 3 aromatic rings. The fraction of sp³-hybridized carbons (Fsp3) is 0.240. The molecule has 0 radical (unpaired) electrons. The second kappa shape index (κ2) is 10.4. The molecule has 0 atom stereocenters. The van der Waals surface area contributed by atoms with Gasteiger partial charge in [0, 0.05) is 5.56 Å². The summed E-state index contributed by atoms with van der Waals surface area (Å²) in [6, 6.07) is 18.6. The number of benzene rings is 3. The van der Waals surface area contributed by atoms with Crippen LogP contribution in [0.1, 0.15) is 27.0 Å². The van der Waals surface area contributed by atoms with Crippen molar-refractivity contribution in [2.24, 2.45) is 0 Å². The zero-order valence-corrected chi connectivity index (χ0v) is 18.1. The van der Waals surface area contributed by atoms with Crippen molar-refractivity contribution in [3.05, 3.63) is 82.9 Å². The molecule has 0 spiro atoms. The maximum Gasteiger partial charge on any atom is 0.338 e. The van der Waals surface area contributed by atoms with Gasteiger partial charge in [0.15, 0.2) is 11.5 Å². The molecule has 31 heavy (non-hydrogen) atoms. The Morgan fingerprint density at radius 2 is 1.23 bits per heavy atom. The zero-order chi connectivity index (χ0) is 22.2. The van der Waals surface area contributed by atoms with Gasteiger partial charge in [-0.2, -0.15) is 0 Å². The quantitative estimate of drug-likeness (QED) is 0.455. The maximum atomic E-state index is 12.1. The van der Waals surface area contributed by atoms with Crippen molar-refractivity contribution in [1.29, 1.82) is 0 Å². The topological polar surface area (TPSA) is 63.2 Å². The minimum Gasteiger partial charge on any atom is -0.497 e. The van der Waals surface area contributed by atoms with Gasteiger partial charge in [-0.25, -0.2) is 4.79 Å². The van der Waals surface area contributed by atoms with Crippen LogP contribution in [0.4, 0.5) is 0 Å². The Morgan fingerprint density at radius 1 is 0.710 bits per heavy atom. The molecule has 162 valence electrons. The zero-order valence-electron chi connectivity index (χ0n) is 18.1. The third-order valence-electron chi connectivity index (χ3n) is 4.87. The van der Waals surface area contributed by atoms with Crippen molar-refractivity contribution in [1.82, 2.24) is 0 Å². The molecular weight excluding hydrogens is 396 g/mol. The molecule has 0 unspecified atom stereocenters. The van der Waals surface area contributed by atoms with Crippen LogP contribution in [0.3, 0.4) is 0 Å². The number of methoxy groups -OCH3 is 3. The molecular formula is C25H26O6. The Balaban J connectivity index is 1.82. The Kier molecular flexibility index (Phi) is 7.38. The van der Waals surface area contributed by atoms with E-state index in [4.69, 9.17) is 23.7 Å². The van der Waals surface area contributed by atoms with Crippen LogP contribution < -0.4 is 18.9 Å². The normalized spacial score (nSPS) is 10.3. The van der Waals surface area contributed by atoms with E-state index in [2.05, 4.69) is 0 Å². The average Bonchev–Trinajstić information content (AvgIpc) is 2.82. The van der Waals surface area contributed by atoms with Crippen LogP contribution in [-0.4, -0.2) is 27.3 Å². The summed E-state index contributed by atoms with van der Waals surface area (Å²) in [7, 11) is 4.61. The van der Waals surface area contributed by atoms with Gasteiger partial charge in [0.2, 0.25) is 0 Å². The summed E-state index contributed by atoms with van der Waals surface area (Å²) in [6.45, 7) is 2.48. The highest BCUT2D eigenvalue weighted by Gasteiger charge is 2.18. The summed E-state index contributed by atoms with van der Waals surface area (Å²) in [4.78, 5) is 12.1. The number of hydrogen-bond donors (Lipinski definition) is 0. The number of ether oxygens (including phenoxy) is 5. The lowest BCUT2D eigenvalue weighted by Gasteiger charge is -2.17. The first-order chi connectivity index (χ1) is 15.0. The minimum absolute atomic E-state index is 0.314. The number of esters is 1. The second-order valence-electron chi connectivity index (χ2n) is 6.83. The summed E-state index contributed by atoms with van der Waals surface area (Å²) in [5, 5.41) is 0. The first-order valence-electron chi connectivity index (χ1n) is 9.79. The van der Waals surface area contributed by atoms with Crippen molar-refractivity contribution in [2.45, 2.75) is 20.1 Å². The molecule has 0 fully saturated rings. The van der Waals surface area contributed by atoms with Crippen LogP contribution in [0.25, 0.3) is 0 Å². The molecule has 0 aliphatic carbocycles. The van der Waals surface area contributed by atoms with E-state index in [1.807, 2.05) is 55.5 Å². The molecule has 0 saturated heterocycles. The second-order valence-corrected chi connectivity index (χ2v) is 6.83. The van der Waals surface area contributed by atoms with E-state index in [0.717, 1.165) is 22.6 Å². The van der Waals surface area contributed by atoms with Crippen molar-refractivity contribution in [3.63, 3.8) is 0 Å². The minimum atomic E-state index is -0.423. The Labute approximate surface area is 182 Å². The first kappa shape index (κ1) is 22.0. The first-order valence-corrected chi connectivity index (χ1v) is 9.79. The highest BCUT2D eigenvalue weighted by molar-refractivity contribution is 5.92. The molecule has 6 heteroatoms. The van der Waals surface area contributed by atoms with E-state index in [9.17, 15) is 4.79 Å². The van der Waals surface area contributed by atoms with Crippen LogP contribution in [0, 0.1) is 6.92 Å². The van der Waals surface area contributed by atoms with E-state index in [0.29, 0.717) is 35.8 Å². The third-order valence-corrected chi connectivity index (χ3v) is 4.87. The predicted molar refractivity (Wildman–Crippen MR) is 117 cm³/mol. The SMILES string of the molecule is COC(=O)c1ccc(OCc2ccc(OC)cc2)c(OCc2ccc(OC)cc2)c1C. The Hall–Kier alpha value is -3.67. The molecule has 0 aliphatic heterocycles. The fourth-order valence-electron chi connectivity index (χ4n) is 3.05. The lowest BCUT2D eigenvalue weighted by atomic mass is 10.1. The monoisotopic (exact) mass is 422 g/mol. The summed E-state index contributed by atoms with van der Waals surface area (Å²) in [5.41, 5.74) is 3.04. The summed E-state index contributed by atoms with van der Waals surface area (Å²) >= 11 is 0. The molecule has 0 saturated carbocycles. The van der Waals surface area contributed by atoms with Crippen LogP contribution in [0.2, 0.25) is 0 Å². The van der Waals surface area contributed by atoms with Crippen molar-refractivity contribution >= 4 is 5.97 Å². The lowest BCUT2D eigenvalue weighted by Crippen LogP contribution is -2.08. The van der Waals surface area contributed by atoms with Gasteiger partial charge in [-0.3, -0.25) is 0 Å². The van der Waals surface area contributed by atoms with Gasteiger partial charge in [0.1, 0.15) is 24.7 Å². The van der Waals surface area contributed by atoms with Crippen LogP contribution in [-0.2, 0) is 18.0 Å². The molecule has 0 heterocycles. The fourth-order valence-corrected chi connectivity index (χ4v) is 3.05. The van der Waals surface area contributed by atoms with Gasteiger partial charge in [-0.1, -0.05) is 24.3 Å². The number of carbonyl (C=O) groups excluding carboxylic acids is 1. The molecule has 3 rings (SSSR count). The highest BCUT2D eigenvalue weighted by Crippen LogP contribution is 2.35. The summed E-state index contributed by atoms with van der Waals surface area (Å²) in [6.07, 6.45) is 0. The maximum absolute atomic E-state index is 12.1. The molecule has 0 N–H and O–H groups in total. The molecule has 6 nitrogen and oxygen atoms in total. The number of hydrogen-bond acceptors (Lipinski definition) is 6. The van der Waals surface area contributed by atoms with Crippen molar-refractivity contribution in [3.8, 4) is 23.0 Å². The molecule has 0 bridgehead atoms. The molecule has 3 aromatic carbocycles. The van der Waals surface area contributed by atoms with Crippen LogP contribution >= 0.6 is 0 Å². The Bertz CT molecular complexity index is 1010. The average molecular weight is 422 g/mol. The molecule has 0 aliphatic rings. The standard InChI is InChI=1S/C25H26O6/c1-17-22(25(26)29-4)13-14-23(30-15-18-5-9-20(27-2)10-6-18)24(17)31-16-19-7-11-21(28-3)12-8-19/h5-14H,15-16H2,1-4H3. The van der Waals surface area contributed by atoms with Gasteiger partial charge in [0.05, 0.1) is 26.9 Å². The predicted octanol–water partition coefficient (Wildman–Crippen LogP) is 4.96. The van der Waals surface area contributed by atoms with E-state index in [1.54, 1.807) is 26.4 Å². The van der Waals surface area contributed by atoms with Gasteiger partial charge in [-0.15, -0.1) is 0 Å².